The predicted molar refractivity (Wildman–Crippen MR) is 95.1 cm³/mol. The van der Waals surface area contributed by atoms with Crippen molar-refractivity contribution in [3.8, 4) is 0 Å². The van der Waals surface area contributed by atoms with Crippen LogP contribution in [0.2, 0.25) is 0 Å². The molecule has 0 saturated carbocycles. The summed E-state index contributed by atoms with van der Waals surface area (Å²) in [5.74, 6) is 1.74. The molecule has 0 unspecified atom stereocenters. The number of carbonyl (C=O) groups excluding carboxylic acids is 1. The molecule has 1 fully saturated rings. The third-order valence-corrected chi connectivity index (χ3v) is 5.00. The summed E-state index contributed by atoms with van der Waals surface area (Å²) in [6, 6.07) is 5.55. The number of piperidine rings is 1. The summed E-state index contributed by atoms with van der Waals surface area (Å²) in [5, 5.41) is 0. The maximum Gasteiger partial charge on any atom is 0.253 e. The smallest absolute Gasteiger partial charge is 0.253 e. The molecule has 1 aromatic carbocycles. The molecule has 0 bridgehead atoms. The van der Waals surface area contributed by atoms with Crippen molar-refractivity contribution in [3.63, 3.8) is 0 Å². The van der Waals surface area contributed by atoms with Crippen molar-refractivity contribution in [2.45, 2.75) is 26.3 Å². The maximum atomic E-state index is 12.8. The minimum absolute atomic E-state index is 0.0878. The third kappa shape index (κ3) is 3.24. The SMILES string of the molecule is Cc1nccn1CC1CCN(C(=O)c2ccc3nccnc3c2)CC1. The molecular weight excluding hydrogens is 314 g/mol. The summed E-state index contributed by atoms with van der Waals surface area (Å²) < 4.78 is 2.20. The van der Waals surface area contributed by atoms with Crippen LogP contribution >= 0.6 is 0 Å². The number of aryl methyl sites for hydroxylation is 1. The molecule has 1 aliphatic rings. The fourth-order valence-electron chi connectivity index (χ4n) is 3.47. The summed E-state index contributed by atoms with van der Waals surface area (Å²) in [5.41, 5.74) is 2.27. The highest BCUT2D eigenvalue weighted by Crippen LogP contribution is 2.22. The summed E-state index contributed by atoms with van der Waals surface area (Å²) in [6.45, 7) is 4.62. The van der Waals surface area contributed by atoms with Gasteiger partial charge in [-0.05, 0) is 43.9 Å². The van der Waals surface area contributed by atoms with Crippen molar-refractivity contribution >= 4 is 16.9 Å². The highest BCUT2D eigenvalue weighted by Gasteiger charge is 2.24. The molecule has 128 valence electrons. The van der Waals surface area contributed by atoms with Gasteiger partial charge in [-0.2, -0.15) is 0 Å². The Balaban J connectivity index is 1.41. The summed E-state index contributed by atoms with van der Waals surface area (Å²) in [4.78, 5) is 27.6. The van der Waals surface area contributed by atoms with Crippen LogP contribution in [0.4, 0.5) is 0 Å². The second kappa shape index (κ2) is 6.63. The molecule has 25 heavy (non-hydrogen) atoms. The molecule has 6 heteroatoms. The minimum atomic E-state index is 0.0878. The lowest BCUT2D eigenvalue weighted by atomic mass is 9.96. The highest BCUT2D eigenvalue weighted by molar-refractivity contribution is 5.97. The molecule has 3 aromatic rings. The van der Waals surface area contributed by atoms with Gasteiger partial charge in [0.25, 0.3) is 5.91 Å². The number of nitrogens with zero attached hydrogens (tertiary/aromatic N) is 5. The molecule has 0 spiro atoms. The zero-order chi connectivity index (χ0) is 17.2. The van der Waals surface area contributed by atoms with Gasteiger partial charge < -0.3 is 9.47 Å². The van der Waals surface area contributed by atoms with Gasteiger partial charge in [-0.1, -0.05) is 0 Å². The Morgan fingerprint density at radius 3 is 2.56 bits per heavy atom. The van der Waals surface area contributed by atoms with E-state index in [2.05, 4.69) is 19.5 Å². The Hall–Kier alpha value is -2.76. The normalized spacial score (nSPS) is 15.6. The molecule has 4 rings (SSSR count). The van der Waals surface area contributed by atoms with Crippen LogP contribution in [0.5, 0.6) is 0 Å². The van der Waals surface area contributed by atoms with Crippen molar-refractivity contribution < 1.29 is 4.79 Å². The van der Waals surface area contributed by atoms with Gasteiger partial charge in [-0.15, -0.1) is 0 Å². The van der Waals surface area contributed by atoms with Gasteiger partial charge in [0.2, 0.25) is 0 Å². The predicted octanol–water partition coefficient (Wildman–Crippen LogP) is 2.69. The number of imidazole rings is 1. The van der Waals surface area contributed by atoms with Crippen molar-refractivity contribution in [3.05, 3.63) is 54.4 Å². The van der Waals surface area contributed by atoms with E-state index in [-0.39, 0.29) is 5.91 Å². The Kier molecular flexibility index (Phi) is 4.17. The average molecular weight is 335 g/mol. The van der Waals surface area contributed by atoms with E-state index < -0.39 is 0 Å². The van der Waals surface area contributed by atoms with Crippen LogP contribution in [0, 0.1) is 12.8 Å². The van der Waals surface area contributed by atoms with Gasteiger partial charge in [-0.25, -0.2) is 4.98 Å². The van der Waals surface area contributed by atoms with Gasteiger partial charge in [0.1, 0.15) is 5.82 Å². The summed E-state index contributed by atoms with van der Waals surface area (Å²) in [7, 11) is 0. The molecule has 6 nitrogen and oxygen atoms in total. The van der Waals surface area contributed by atoms with E-state index in [1.165, 1.54) is 0 Å². The fourth-order valence-corrected chi connectivity index (χ4v) is 3.47. The Morgan fingerprint density at radius 1 is 1.08 bits per heavy atom. The van der Waals surface area contributed by atoms with Gasteiger partial charge in [0, 0.05) is 50.0 Å². The zero-order valence-corrected chi connectivity index (χ0v) is 14.3. The van der Waals surface area contributed by atoms with Crippen LogP contribution in [-0.2, 0) is 6.54 Å². The second-order valence-electron chi connectivity index (χ2n) is 6.62. The first-order chi connectivity index (χ1) is 12.2. The molecule has 1 saturated heterocycles. The van der Waals surface area contributed by atoms with E-state index >= 15 is 0 Å². The van der Waals surface area contributed by atoms with Gasteiger partial charge in [0.05, 0.1) is 11.0 Å². The standard InChI is InChI=1S/C19H21N5O/c1-14-20-8-11-24(14)13-15-4-9-23(10-5-15)19(25)16-2-3-17-18(12-16)22-7-6-21-17/h2-3,6-8,11-12,15H,4-5,9-10,13H2,1H3. The maximum absolute atomic E-state index is 12.8. The van der Waals surface area contributed by atoms with Crippen molar-refractivity contribution in [1.29, 1.82) is 0 Å². The van der Waals surface area contributed by atoms with E-state index in [0.717, 1.165) is 49.3 Å². The van der Waals surface area contributed by atoms with Crippen LogP contribution < -0.4 is 0 Å². The molecule has 1 amide bonds. The Labute approximate surface area is 146 Å². The molecule has 0 radical (unpaired) electrons. The first-order valence-electron chi connectivity index (χ1n) is 8.68. The van der Waals surface area contributed by atoms with Crippen LogP contribution in [0.25, 0.3) is 11.0 Å². The molecular formula is C19H21N5O. The quantitative estimate of drug-likeness (QED) is 0.738. The van der Waals surface area contributed by atoms with E-state index in [1.54, 1.807) is 12.4 Å². The number of aromatic nitrogens is 4. The van der Waals surface area contributed by atoms with Gasteiger partial charge in [0.15, 0.2) is 0 Å². The molecule has 0 atom stereocenters. The third-order valence-electron chi connectivity index (χ3n) is 5.00. The molecule has 1 aliphatic heterocycles. The summed E-state index contributed by atoms with van der Waals surface area (Å²) in [6.07, 6.45) is 9.24. The molecule has 2 aromatic heterocycles. The largest absolute Gasteiger partial charge is 0.339 e. The lowest BCUT2D eigenvalue weighted by Crippen LogP contribution is -2.39. The zero-order valence-electron chi connectivity index (χ0n) is 14.3. The number of likely N-dealkylation sites (tertiary alicyclic amines) is 1. The van der Waals surface area contributed by atoms with E-state index in [1.807, 2.05) is 42.4 Å². The second-order valence-corrected chi connectivity index (χ2v) is 6.62. The molecule has 3 heterocycles. The van der Waals surface area contributed by atoms with E-state index in [0.29, 0.717) is 11.5 Å². The van der Waals surface area contributed by atoms with Crippen LogP contribution in [0.15, 0.2) is 43.0 Å². The topological polar surface area (TPSA) is 63.9 Å². The van der Waals surface area contributed by atoms with Gasteiger partial charge >= 0.3 is 0 Å². The summed E-state index contributed by atoms with van der Waals surface area (Å²) >= 11 is 0. The lowest BCUT2D eigenvalue weighted by Gasteiger charge is -2.32. The van der Waals surface area contributed by atoms with E-state index in [9.17, 15) is 4.79 Å². The number of benzene rings is 1. The minimum Gasteiger partial charge on any atom is -0.339 e. The highest BCUT2D eigenvalue weighted by atomic mass is 16.2. The number of carbonyl (C=O) groups is 1. The number of rotatable bonds is 3. The Morgan fingerprint density at radius 2 is 1.84 bits per heavy atom. The van der Waals surface area contributed by atoms with Crippen LogP contribution in [-0.4, -0.2) is 43.4 Å². The monoisotopic (exact) mass is 335 g/mol. The van der Waals surface area contributed by atoms with Crippen LogP contribution in [0.3, 0.4) is 0 Å². The Bertz CT molecular complexity index is 895. The fraction of sp³-hybridized carbons (Fsp3) is 0.368. The molecule has 0 N–H and O–H groups in total. The number of hydrogen-bond donors (Lipinski definition) is 0. The number of amides is 1. The molecule has 0 aliphatic carbocycles. The van der Waals surface area contributed by atoms with Crippen molar-refractivity contribution in [2.75, 3.05) is 13.1 Å². The van der Waals surface area contributed by atoms with E-state index in [4.69, 9.17) is 0 Å². The number of hydrogen-bond acceptors (Lipinski definition) is 4. The van der Waals surface area contributed by atoms with Crippen molar-refractivity contribution in [2.24, 2.45) is 5.92 Å². The van der Waals surface area contributed by atoms with Gasteiger partial charge in [-0.3, -0.25) is 14.8 Å². The number of fused-ring (bicyclic) bond motifs is 1. The first-order valence-corrected chi connectivity index (χ1v) is 8.68. The first kappa shape index (κ1) is 15.7. The average Bonchev–Trinajstić information content (AvgIpc) is 3.06. The van der Waals surface area contributed by atoms with Crippen LogP contribution in [0.1, 0.15) is 29.0 Å². The van der Waals surface area contributed by atoms with Crippen molar-refractivity contribution in [1.82, 2.24) is 24.4 Å². The lowest BCUT2D eigenvalue weighted by molar-refractivity contribution is 0.0682.